The number of nitrogens with zero attached hydrogens (tertiary/aromatic N) is 4. The molecule has 1 aliphatic rings. The molecular weight excluding hydrogens is 334 g/mol. The number of hydrogen-bond donors (Lipinski definition) is 2. The summed E-state index contributed by atoms with van der Waals surface area (Å²) in [6, 6.07) is 0. The molecule has 1 aliphatic carbocycles. The van der Waals surface area contributed by atoms with Crippen LogP contribution in [0.2, 0.25) is 0 Å². The molecule has 0 spiro atoms. The van der Waals surface area contributed by atoms with Crippen molar-refractivity contribution in [2.75, 3.05) is 0 Å². The number of carboxylic acid groups (broad SMARTS) is 1. The second-order valence-corrected chi connectivity index (χ2v) is 6.63. The lowest BCUT2D eigenvalue weighted by atomic mass is 9.87. The Bertz CT molecular complexity index is 789. The fraction of sp³-hybridized carbons (Fsp3) is 0.556. The molecule has 0 bridgehead atoms. The average Bonchev–Trinajstić information content (AvgIpc) is 3.02. The highest BCUT2D eigenvalue weighted by atomic mass is 16.5. The maximum absolute atomic E-state index is 11.2. The Morgan fingerprint density at radius 2 is 2.23 bits per heavy atom. The first kappa shape index (κ1) is 18.3. The highest BCUT2D eigenvalue weighted by molar-refractivity contribution is 5.70. The van der Waals surface area contributed by atoms with Crippen LogP contribution in [0, 0.1) is 5.92 Å². The van der Waals surface area contributed by atoms with E-state index in [-0.39, 0.29) is 12.0 Å². The van der Waals surface area contributed by atoms with Gasteiger partial charge in [0.15, 0.2) is 11.6 Å². The molecule has 140 valence electrons. The standard InChI is InChI=1S/C18H25N5O3/c1-3-14-16(26-12-6-4-5-11(7-12)18(24)25)10-20-17(22-14)13-9-21-23(2)15(13)8-19/h9-12H,3-8,19H2,1-2H3,(H,24,25). The van der Waals surface area contributed by atoms with Crippen molar-refractivity contribution in [3.8, 4) is 17.1 Å². The largest absolute Gasteiger partial charge is 0.487 e. The minimum absolute atomic E-state index is 0.109. The fourth-order valence-corrected chi connectivity index (χ4v) is 3.44. The van der Waals surface area contributed by atoms with Gasteiger partial charge in [0.1, 0.15) is 0 Å². The van der Waals surface area contributed by atoms with Crippen molar-refractivity contribution in [2.24, 2.45) is 18.7 Å². The molecular formula is C18H25N5O3. The summed E-state index contributed by atoms with van der Waals surface area (Å²) in [4.78, 5) is 20.3. The Kier molecular flexibility index (Phi) is 5.51. The van der Waals surface area contributed by atoms with Crippen molar-refractivity contribution in [1.29, 1.82) is 0 Å². The van der Waals surface area contributed by atoms with Crippen LogP contribution in [0.25, 0.3) is 11.4 Å². The van der Waals surface area contributed by atoms with Crippen molar-refractivity contribution in [2.45, 2.75) is 51.7 Å². The molecule has 26 heavy (non-hydrogen) atoms. The van der Waals surface area contributed by atoms with E-state index in [9.17, 15) is 9.90 Å². The van der Waals surface area contributed by atoms with Gasteiger partial charge in [-0.1, -0.05) is 6.92 Å². The van der Waals surface area contributed by atoms with E-state index in [4.69, 9.17) is 10.5 Å². The molecule has 8 nitrogen and oxygen atoms in total. The van der Waals surface area contributed by atoms with E-state index in [0.29, 0.717) is 37.4 Å². The van der Waals surface area contributed by atoms with Gasteiger partial charge in [-0.3, -0.25) is 9.48 Å². The molecule has 3 N–H and O–H groups in total. The number of carbonyl (C=O) groups is 1. The van der Waals surface area contributed by atoms with Gasteiger partial charge in [-0.15, -0.1) is 0 Å². The smallest absolute Gasteiger partial charge is 0.306 e. The first-order chi connectivity index (χ1) is 12.5. The summed E-state index contributed by atoms with van der Waals surface area (Å²) in [5, 5.41) is 13.5. The molecule has 0 aliphatic heterocycles. The van der Waals surface area contributed by atoms with Crippen LogP contribution in [0.15, 0.2) is 12.4 Å². The lowest BCUT2D eigenvalue weighted by molar-refractivity contribution is -0.143. The van der Waals surface area contributed by atoms with Crippen molar-refractivity contribution in [3.05, 3.63) is 23.8 Å². The summed E-state index contributed by atoms with van der Waals surface area (Å²) >= 11 is 0. The summed E-state index contributed by atoms with van der Waals surface area (Å²) in [5.41, 5.74) is 8.30. The minimum Gasteiger partial charge on any atom is -0.487 e. The van der Waals surface area contributed by atoms with E-state index < -0.39 is 5.97 Å². The quantitative estimate of drug-likeness (QED) is 0.809. The molecule has 0 radical (unpaired) electrons. The Balaban J connectivity index is 1.82. The number of aromatic nitrogens is 4. The van der Waals surface area contributed by atoms with Crippen molar-refractivity contribution in [1.82, 2.24) is 19.7 Å². The van der Waals surface area contributed by atoms with E-state index in [1.165, 1.54) is 0 Å². The van der Waals surface area contributed by atoms with E-state index in [0.717, 1.165) is 29.8 Å². The Labute approximate surface area is 152 Å². The van der Waals surface area contributed by atoms with Gasteiger partial charge < -0.3 is 15.6 Å². The number of ether oxygens (including phenoxy) is 1. The first-order valence-corrected chi connectivity index (χ1v) is 9.00. The van der Waals surface area contributed by atoms with Crippen LogP contribution < -0.4 is 10.5 Å². The van der Waals surface area contributed by atoms with Gasteiger partial charge in [-0.2, -0.15) is 5.10 Å². The SMILES string of the molecule is CCc1nc(-c2cnn(C)c2CN)ncc1OC1CCCC(C(=O)O)C1. The lowest BCUT2D eigenvalue weighted by Gasteiger charge is -2.27. The Morgan fingerprint density at radius 1 is 1.42 bits per heavy atom. The van der Waals surface area contributed by atoms with Crippen molar-refractivity contribution < 1.29 is 14.6 Å². The highest BCUT2D eigenvalue weighted by Crippen LogP contribution is 2.30. The van der Waals surface area contributed by atoms with Gasteiger partial charge in [0.2, 0.25) is 0 Å². The molecule has 2 unspecified atom stereocenters. The molecule has 1 fully saturated rings. The van der Waals surface area contributed by atoms with Crippen LogP contribution in [-0.2, 0) is 24.8 Å². The van der Waals surface area contributed by atoms with Crippen LogP contribution in [0.1, 0.15) is 44.0 Å². The van der Waals surface area contributed by atoms with Gasteiger partial charge in [0.25, 0.3) is 0 Å². The van der Waals surface area contributed by atoms with Crippen LogP contribution in [0.3, 0.4) is 0 Å². The molecule has 0 saturated heterocycles. The molecule has 0 amide bonds. The van der Waals surface area contributed by atoms with Crippen LogP contribution in [-0.4, -0.2) is 36.9 Å². The van der Waals surface area contributed by atoms with Crippen LogP contribution in [0.5, 0.6) is 5.75 Å². The summed E-state index contributed by atoms with van der Waals surface area (Å²) in [6.07, 6.45) is 6.94. The number of aryl methyl sites for hydroxylation is 2. The number of rotatable bonds is 6. The zero-order valence-corrected chi connectivity index (χ0v) is 15.2. The van der Waals surface area contributed by atoms with E-state index in [2.05, 4.69) is 15.1 Å². The Morgan fingerprint density at radius 3 is 2.92 bits per heavy atom. The van der Waals surface area contributed by atoms with Gasteiger partial charge in [-0.25, -0.2) is 9.97 Å². The predicted molar refractivity (Wildman–Crippen MR) is 95.5 cm³/mol. The van der Waals surface area contributed by atoms with Crippen molar-refractivity contribution in [3.63, 3.8) is 0 Å². The zero-order chi connectivity index (χ0) is 18.7. The number of nitrogens with two attached hydrogens (primary N) is 1. The second-order valence-electron chi connectivity index (χ2n) is 6.63. The number of carboxylic acids is 1. The van der Waals surface area contributed by atoms with Crippen molar-refractivity contribution >= 4 is 5.97 Å². The van der Waals surface area contributed by atoms with Gasteiger partial charge in [0, 0.05) is 13.6 Å². The van der Waals surface area contributed by atoms with Gasteiger partial charge in [0.05, 0.1) is 41.4 Å². The summed E-state index contributed by atoms with van der Waals surface area (Å²) < 4.78 is 7.80. The first-order valence-electron chi connectivity index (χ1n) is 9.00. The highest BCUT2D eigenvalue weighted by Gasteiger charge is 2.28. The third-order valence-corrected chi connectivity index (χ3v) is 4.93. The van der Waals surface area contributed by atoms with Gasteiger partial charge >= 0.3 is 5.97 Å². The summed E-state index contributed by atoms with van der Waals surface area (Å²) in [7, 11) is 1.84. The molecule has 1 saturated carbocycles. The molecule has 2 heterocycles. The lowest BCUT2D eigenvalue weighted by Crippen LogP contribution is -2.29. The van der Waals surface area contributed by atoms with E-state index in [1.54, 1.807) is 17.1 Å². The maximum Gasteiger partial charge on any atom is 0.306 e. The number of aliphatic carboxylic acids is 1. The number of hydrogen-bond acceptors (Lipinski definition) is 6. The molecule has 0 aromatic carbocycles. The second kappa shape index (κ2) is 7.82. The van der Waals surface area contributed by atoms with E-state index in [1.807, 2.05) is 14.0 Å². The third kappa shape index (κ3) is 3.70. The fourth-order valence-electron chi connectivity index (χ4n) is 3.44. The summed E-state index contributed by atoms with van der Waals surface area (Å²) in [5.74, 6) is 0.133. The van der Waals surface area contributed by atoms with Crippen LogP contribution in [0.4, 0.5) is 0 Å². The predicted octanol–water partition coefficient (Wildman–Crippen LogP) is 1.92. The normalized spacial score (nSPS) is 20.1. The Hall–Kier alpha value is -2.48. The average molecular weight is 359 g/mol. The van der Waals surface area contributed by atoms with Crippen LogP contribution >= 0.6 is 0 Å². The monoisotopic (exact) mass is 359 g/mol. The molecule has 2 aromatic rings. The summed E-state index contributed by atoms with van der Waals surface area (Å²) in [6.45, 7) is 2.36. The molecule has 8 heteroatoms. The topological polar surface area (TPSA) is 116 Å². The van der Waals surface area contributed by atoms with Gasteiger partial charge in [-0.05, 0) is 32.1 Å². The zero-order valence-electron chi connectivity index (χ0n) is 15.2. The maximum atomic E-state index is 11.2. The molecule has 3 rings (SSSR count). The minimum atomic E-state index is -0.744. The third-order valence-electron chi connectivity index (χ3n) is 4.93. The molecule has 2 aromatic heterocycles. The molecule has 2 atom stereocenters. The van der Waals surface area contributed by atoms with E-state index >= 15 is 0 Å².